The first-order valence-corrected chi connectivity index (χ1v) is 10.5. The second-order valence-corrected chi connectivity index (χ2v) is 7.61. The van der Waals surface area contributed by atoms with Crippen molar-refractivity contribution in [3.63, 3.8) is 0 Å². The third kappa shape index (κ3) is 4.98. The van der Waals surface area contributed by atoms with Gasteiger partial charge in [0, 0.05) is 17.2 Å². The van der Waals surface area contributed by atoms with E-state index in [1.165, 1.54) is 11.8 Å². The fourth-order valence-electron chi connectivity index (χ4n) is 2.90. The van der Waals surface area contributed by atoms with Gasteiger partial charge < -0.3 is 9.47 Å². The topological polar surface area (TPSA) is 66.2 Å². The van der Waals surface area contributed by atoms with Crippen molar-refractivity contribution in [1.82, 2.24) is 14.8 Å². The highest BCUT2D eigenvalue weighted by atomic mass is 32.2. The van der Waals surface area contributed by atoms with Crippen LogP contribution in [0.2, 0.25) is 0 Å². The number of methoxy groups -OCH3 is 1. The Morgan fingerprint density at radius 2 is 1.69 bits per heavy atom. The minimum absolute atomic E-state index is 0.0438. The van der Waals surface area contributed by atoms with Crippen molar-refractivity contribution in [2.75, 3.05) is 19.5 Å². The molecule has 7 heteroatoms. The lowest BCUT2D eigenvalue weighted by Crippen LogP contribution is -2.08. The lowest BCUT2D eigenvalue weighted by atomic mass is 10.1. The average Bonchev–Trinajstić information content (AvgIpc) is 3.17. The molecule has 0 atom stereocenters. The zero-order valence-corrected chi connectivity index (χ0v) is 17.9. The molecule has 0 N–H and O–H groups in total. The Morgan fingerprint density at radius 1 is 1.03 bits per heavy atom. The van der Waals surface area contributed by atoms with E-state index in [0.717, 1.165) is 28.0 Å². The Labute approximate surface area is 175 Å². The van der Waals surface area contributed by atoms with Crippen molar-refractivity contribution >= 4 is 17.5 Å². The van der Waals surface area contributed by atoms with Gasteiger partial charge in [-0.1, -0.05) is 11.8 Å². The maximum Gasteiger partial charge on any atom is 0.192 e. The van der Waals surface area contributed by atoms with Gasteiger partial charge >= 0.3 is 0 Å². The molecule has 0 radical (unpaired) electrons. The van der Waals surface area contributed by atoms with Gasteiger partial charge in [0.1, 0.15) is 11.5 Å². The molecule has 0 unspecified atom stereocenters. The van der Waals surface area contributed by atoms with Gasteiger partial charge in [-0.3, -0.25) is 9.36 Å². The van der Waals surface area contributed by atoms with E-state index >= 15 is 0 Å². The van der Waals surface area contributed by atoms with Crippen LogP contribution in [0.1, 0.15) is 37.2 Å². The summed E-state index contributed by atoms with van der Waals surface area (Å²) in [6.45, 7) is 6.69. The summed E-state index contributed by atoms with van der Waals surface area (Å²) in [5, 5.41) is 9.43. The lowest BCUT2D eigenvalue weighted by Gasteiger charge is -2.14. The van der Waals surface area contributed by atoms with Crippen molar-refractivity contribution in [1.29, 1.82) is 0 Å². The van der Waals surface area contributed by atoms with Crippen LogP contribution in [0.25, 0.3) is 11.4 Å². The van der Waals surface area contributed by atoms with Crippen LogP contribution >= 0.6 is 11.8 Å². The Bertz CT molecular complexity index is 950. The Kier molecular flexibility index (Phi) is 6.93. The van der Waals surface area contributed by atoms with Crippen LogP contribution in [0.5, 0.6) is 11.5 Å². The van der Waals surface area contributed by atoms with Gasteiger partial charge in [0.25, 0.3) is 0 Å². The van der Waals surface area contributed by atoms with Crippen molar-refractivity contribution in [2.45, 2.75) is 32.0 Å². The Balaban J connectivity index is 1.75. The lowest BCUT2D eigenvalue weighted by molar-refractivity contribution is 0.102. The van der Waals surface area contributed by atoms with E-state index in [9.17, 15) is 4.79 Å². The molecule has 0 saturated carbocycles. The predicted octanol–water partition coefficient (Wildman–Crippen LogP) is 4.91. The van der Waals surface area contributed by atoms with E-state index in [4.69, 9.17) is 9.47 Å². The number of rotatable bonds is 9. The highest BCUT2D eigenvalue weighted by Gasteiger charge is 2.18. The third-order valence-corrected chi connectivity index (χ3v) is 5.29. The Morgan fingerprint density at radius 3 is 2.28 bits per heavy atom. The summed E-state index contributed by atoms with van der Waals surface area (Å²) < 4.78 is 12.7. The SMILES string of the molecule is CCOc1ccc(C(=O)CSc2nnc(-c3ccc(OC)cc3)n2C(C)C)cc1. The fraction of sp³-hybridized carbons (Fsp3) is 0.318. The van der Waals surface area contributed by atoms with E-state index in [0.29, 0.717) is 17.9 Å². The standard InChI is InChI=1S/C22H25N3O3S/c1-5-28-19-12-6-16(7-13-19)20(26)14-29-22-24-23-21(25(22)15(2)3)17-8-10-18(27-4)11-9-17/h6-13,15H,5,14H2,1-4H3. The van der Waals surface area contributed by atoms with Gasteiger partial charge in [-0.05, 0) is 69.3 Å². The van der Waals surface area contributed by atoms with E-state index in [-0.39, 0.29) is 11.8 Å². The van der Waals surface area contributed by atoms with Gasteiger partial charge in [0.15, 0.2) is 16.8 Å². The first-order valence-electron chi connectivity index (χ1n) is 9.51. The highest BCUT2D eigenvalue weighted by molar-refractivity contribution is 7.99. The fourth-order valence-corrected chi connectivity index (χ4v) is 3.86. The molecule has 2 aromatic carbocycles. The molecular weight excluding hydrogens is 386 g/mol. The minimum Gasteiger partial charge on any atom is -0.497 e. The molecule has 152 valence electrons. The molecule has 0 aliphatic heterocycles. The zero-order chi connectivity index (χ0) is 20.8. The number of ketones is 1. The minimum atomic E-state index is 0.0438. The van der Waals surface area contributed by atoms with Crippen LogP contribution in [0.3, 0.4) is 0 Å². The average molecular weight is 412 g/mol. The first kappa shape index (κ1) is 20.9. The highest BCUT2D eigenvalue weighted by Crippen LogP contribution is 2.29. The van der Waals surface area contributed by atoms with Gasteiger partial charge in [-0.25, -0.2) is 0 Å². The third-order valence-electron chi connectivity index (χ3n) is 4.35. The normalized spacial score (nSPS) is 10.9. The first-order chi connectivity index (χ1) is 14.0. The van der Waals surface area contributed by atoms with Crippen molar-refractivity contribution in [3.8, 4) is 22.9 Å². The number of Topliss-reactive ketones (excluding diaryl/α,β-unsaturated/α-hetero) is 1. The molecule has 0 amide bonds. The molecule has 6 nitrogen and oxygen atoms in total. The molecule has 29 heavy (non-hydrogen) atoms. The number of hydrogen-bond acceptors (Lipinski definition) is 6. The van der Waals surface area contributed by atoms with Gasteiger partial charge in [0.2, 0.25) is 0 Å². The smallest absolute Gasteiger partial charge is 0.192 e. The van der Waals surface area contributed by atoms with Crippen LogP contribution < -0.4 is 9.47 Å². The maximum absolute atomic E-state index is 12.6. The van der Waals surface area contributed by atoms with E-state index in [2.05, 4.69) is 28.6 Å². The zero-order valence-electron chi connectivity index (χ0n) is 17.1. The number of aromatic nitrogens is 3. The number of thioether (sulfide) groups is 1. The van der Waals surface area contributed by atoms with E-state index in [1.54, 1.807) is 19.2 Å². The van der Waals surface area contributed by atoms with Gasteiger partial charge in [-0.15, -0.1) is 10.2 Å². The summed E-state index contributed by atoms with van der Waals surface area (Å²) in [4.78, 5) is 12.6. The number of carbonyl (C=O) groups excluding carboxylic acids is 1. The van der Waals surface area contributed by atoms with Crippen molar-refractivity contribution in [3.05, 3.63) is 54.1 Å². The largest absolute Gasteiger partial charge is 0.497 e. The maximum atomic E-state index is 12.6. The molecule has 0 bridgehead atoms. The number of ether oxygens (including phenoxy) is 2. The molecule has 3 rings (SSSR count). The van der Waals surface area contributed by atoms with Crippen molar-refractivity contribution < 1.29 is 14.3 Å². The Hall–Kier alpha value is -2.80. The number of nitrogens with zero attached hydrogens (tertiary/aromatic N) is 3. The van der Waals surface area contributed by atoms with Gasteiger partial charge in [0.05, 0.1) is 19.5 Å². The molecular formula is C22H25N3O3S. The van der Waals surface area contributed by atoms with Crippen LogP contribution in [0.15, 0.2) is 53.7 Å². The van der Waals surface area contributed by atoms with E-state index < -0.39 is 0 Å². The number of hydrogen-bond donors (Lipinski definition) is 0. The van der Waals surface area contributed by atoms with Crippen LogP contribution in [-0.2, 0) is 0 Å². The van der Waals surface area contributed by atoms with Gasteiger partial charge in [-0.2, -0.15) is 0 Å². The monoisotopic (exact) mass is 411 g/mol. The molecule has 0 saturated heterocycles. The molecule has 1 aromatic heterocycles. The molecule has 0 aliphatic carbocycles. The summed E-state index contributed by atoms with van der Waals surface area (Å²) in [5.41, 5.74) is 1.61. The molecule has 1 heterocycles. The molecule has 0 fully saturated rings. The summed E-state index contributed by atoms with van der Waals surface area (Å²) in [7, 11) is 1.64. The molecule has 0 spiro atoms. The molecule has 0 aliphatic rings. The van der Waals surface area contributed by atoms with Crippen LogP contribution in [0, 0.1) is 0 Å². The second-order valence-electron chi connectivity index (χ2n) is 6.67. The quantitative estimate of drug-likeness (QED) is 0.368. The van der Waals surface area contributed by atoms with Crippen LogP contribution in [-0.4, -0.2) is 40.0 Å². The number of carbonyl (C=O) groups is 1. The molecule has 3 aromatic rings. The summed E-state index contributed by atoms with van der Waals surface area (Å²) >= 11 is 1.40. The summed E-state index contributed by atoms with van der Waals surface area (Å²) in [5.74, 6) is 2.67. The summed E-state index contributed by atoms with van der Waals surface area (Å²) in [6.07, 6.45) is 0. The predicted molar refractivity (Wildman–Crippen MR) is 115 cm³/mol. The van der Waals surface area contributed by atoms with Crippen molar-refractivity contribution in [2.24, 2.45) is 0 Å². The van der Waals surface area contributed by atoms with E-state index in [1.807, 2.05) is 43.3 Å². The number of benzene rings is 2. The van der Waals surface area contributed by atoms with Crippen LogP contribution in [0.4, 0.5) is 0 Å². The second kappa shape index (κ2) is 9.60. The summed E-state index contributed by atoms with van der Waals surface area (Å²) in [6, 6.07) is 15.1.